The number of hydrogen-bond acceptors (Lipinski definition) is 3. The van der Waals surface area contributed by atoms with Crippen molar-refractivity contribution in [1.29, 1.82) is 0 Å². The van der Waals surface area contributed by atoms with E-state index in [9.17, 15) is 8.42 Å². The third-order valence-corrected chi connectivity index (χ3v) is 7.03. The number of hydrogen-bond donors (Lipinski definition) is 0. The maximum absolute atomic E-state index is 12.4. The molecule has 0 unspecified atom stereocenters. The van der Waals surface area contributed by atoms with Crippen LogP contribution in [0.15, 0.2) is 24.3 Å². The molecule has 0 aromatic heterocycles. The summed E-state index contributed by atoms with van der Waals surface area (Å²) in [5.74, 6) is 0.796. The summed E-state index contributed by atoms with van der Waals surface area (Å²) in [5, 5.41) is 0. The monoisotopic (exact) mass is 323 g/mol. The van der Waals surface area contributed by atoms with E-state index in [1.54, 1.807) is 18.4 Å². The molecule has 2 aliphatic heterocycles. The molecule has 6 heteroatoms. The van der Waals surface area contributed by atoms with E-state index in [0.29, 0.717) is 31.0 Å². The Balaban J connectivity index is 1.89. The van der Waals surface area contributed by atoms with E-state index in [2.05, 4.69) is 43.1 Å². The van der Waals surface area contributed by atoms with Crippen molar-refractivity contribution in [3.8, 4) is 0 Å². The summed E-state index contributed by atoms with van der Waals surface area (Å²) >= 11 is 0. The van der Waals surface area contributed by atoms with E-state index in [4.69, 9.17) is 0 Å². The van der Waals surface area contributed by atoms with Gasteiger partial charge in [-0.3, -0.25) is 4.90 Å². The van der Waals surface area contributed by atoms with Gasteiger partial charge in [-0.05, 0) is 36.9 Å². The van der Waals surface area contributed by atoms with E-state index in [1.807, 2.05) is 0 Å². The summed E-state index contributed by atoms with van der Waals surface area (Å²) in [6.45, 7) is 4.36. The molecule has 0 N–H and O–H groups in total. The second-order valence-electron chi connectivity index (χ2n) is 6.77. The molecule has 0 aliphatic carbocycles. The van der Waals surface area contributed by atoms with Gasteiger partial charge in [0.15, 0.2) is 0 Å². The Labute approximate surface area is 133 Å². The van der Waals surface area contributed by atoms with Crippen LogP contribution in [0.1, 0.15) is 17.2 Å². The predicted octanol–water partition coefficient (Wildman–Crippen LogP) is 1.34. The number of aryl methyl sites for hydroxylation is 1. The van der Waals surface area contributed by atoms with Crippen molar-refractivity contribution < 1.29 is 8.42 Å². The van der Waals surface area contributed by atoms with Crippen molar-refractivity contribution in [2.45, 2.75) is 13.0 Å². The zero-order valence-corrected chi connectivity index (χ0v) is 14.5. The van der Waals surface area contributed by atoms with E-state index in [-0.39, 0.29) is 0 Å². The summed E-state index contributed by atoms with van der Waals surface area (Å²) in [4.78, 5) is 2.39. The lowest BCUT2D eigenvalue weighted by Crippen LogP contribution is -2.40. The molecular formula is C16H25N3O2S. The van der Waals surface area contributed by atoms with Gasteiger partial charge >= 0.3 is 0 Å². The minimum Gasteiger partial charge on any atom is -0.299 e. The molecule has 22 heavy (non-hydrogen) atoms. The molecule has 3 rings (SSSR count). The van der Waals surface area contributed by atoms with Crippen LogP contribution in [-0.2, 0) is 10.2 Å². The summed E-state index contributed by atoms with van der Waals surface area (Å²) < 4.78 is 27.8. The number of benzene rings is 1. The van der Waals surface area contributed by atoms with Gasteiger partial charge in [0.05, 0.1) is 0 Å². The molecule has 2 saturated heterocycles. The normalized spacial score (nSPS) is 30.1. The van der Waals surface area contributed by atoms with Crippen molar-refractivity contribution in [2.75, 3.05) is 40.8 Å². The van der Waals surface area contributed by atoms with E-state index in [0.717, 1.165) is 6.54 Å². The average molecular weight is 323 g/mol. The van der Waals surface area contributed by atoms with Gasteiger partial charge in [0.25, 0.3) is 10.2 Å². The molecule has 1 aromatic carbocycles. The summed E-state index contributed by atoms with van der Waals surface area (Å²) in [5.41, 5.74) is 2.62. The maximum atomic E-state index is 12.4. The first-order chi connectivity index (χ1) is 10.3. The number of nitrogens with zero attached hydrogens (tertiary/aromatic N) is 3. The van der Waals surface area contributed by atoms with Gasteiger partial charge in [0, 0.05) is 39.8 Å². The Morgan fingerprint density at radius 3 is 2.45 bits per heavy atom. The van der Waals surface area contributed by atoms with Crippen LogP contribution < -0.4 is 0 Å². The molecule has 5 nitrogen and oxygen atoms in total. The molecule has 2 fully saturated rings. The lowest BCUT2D eigenvalue weighted by atomic mass is 9.88. The molecule has 0 spiro atoms. The van der Waals surface area contributed by atoms with Gasteiger partial charge in [-0.15, -0.1) is 0 Å². The Bertz CT molecular complexity index is 659. The minimum atomic E-state index is -3.30. The fraction of sp³-hybridized carbons (Fsp3) is 0.625. The number of fused-ring (bicyclic) bond motifs is 1. The van der Waals surface area contributed by atoms with Gasteiger partial charge in [0.1, 0.15) is 0 Å². The zero-order valence-electron chi connectivity index (χ0n) is 13.7. The largest absolute Gasteiger partial charge is 0.299 e. The molecule has 0 bridgehead atoms. The highest BCUT2D eigenvalue weighted by molar-refractivity contribution is 7.86. The fourth-order valence-electron chi connectivity index (χ4n) is 4.02. The van der Waals surface area contributed by atoms with Crippen molar-refractivity contribution in [3.05, 3.63) is 35.4 Å². The Kier molecular flexibility index (Phi) is 4.05. The SMILES string of the molecule is Cc1ccccc1[C@H]1[C@@H]2CN(S(=O)(=O)N(C)C)C[C@@H]2CN1C. The second-order valence-corrected chi connectivity index (χ2v) is 8.91. The first-order valence-electron chi connectivity index (χ1n) is 7.75. The molecule has 3 atom stereocenters. The highest BCUT2D eigenvalue weighted by Crippen LogP contribution is 2.45. The van der Waals surface area contributed by atoms with Gasteiger partial charge in [-0.1, -0.05) is 24.3 Å². The van der Waals surface area contributed by atoms with Crippen LogP contribution in [-0.4, -0.2) is 62.7 Å². The van der Waals surface area contributed by atoms with Crippen LogP contribution in [0.25, 0.3) is 0 Å². The van der Waals surface area contributed by atoms with E-state index < -0.39 is 10.2 Å². The topological polar surface area (TPSA) is 43.9 Å². The molecule has 0 amide bonds. The predicted molar refractivity (Wildman–Crippen MR) is 87.7 cm³/mol. The van der Waals surface area contributed by atoms with Gasteiger partial charge < -0.3 is 0 Å². The Hall–Kier alpha value is -0.950. The van der Waals surface area contributed by atoms with Crippen LogP contribution in [0, 0.1) is 18.8 Å². The second kappa shape index (κ2) is 5.60. The molecule has 2 heterocycles. The summed E-state index contributed by atoms with van der Waals surface area (Å²) in [6, 6.07) is 8.77. The lowest BCUT2D eigenvalue weighted by Gasteiger charge is -2.28. The van der Waals surface area contributed by atoms with E-state index in [1.165, 1.54) is 15.4 Å². The van der Waals surface area contributed by atoms with E-state index >= 15 is 0 Å². The fourth-order valence-corrected chi connectivity index (χ4v) is 5.23. The van der Waals surface area contributed by atoms with Crippen molar-refractivity contribution >= 4 is 10.2 Å². The minimum absolute atomic E-state index is 0.313. The Morgan fingerprint density at radius 1 is 1.14 bits per heavy atom. The van der Waals surface area contributed by atoms with Gasteiger partial charge in [0.2, 0.25) is 0 Å². The molecule has 0 radical (unpaired) electrons. The van der Waals surface area contributed by atoms with Crippen LogP contribution in [0.2, 0.25) is 0 Å². The van der Waals surface area contributed by atoms with Gasteiger partial charge in [-0.2, -0.15) is 17.0 Å². The number of likely N-dealkylation sites (tertiary alicyclic amines) is 1. The number of rotatable bonds is 3. The molecule has 2 aliphatic rings. The lowest BCUT2D eigenvalue weighted by molar-refractivity contribution is 0.258. The quantitative estimate of drug-likeness (QED) is 0.843. The zero-order chi connectivity index (χ0) is 16.1. The molecule has 122 valence electrons. The first kappa shape index (κ1) is 15.9. The standard InChI is InChI=1S/C16H25N3O2S/c1-12-7-5-6-8-14(12)16-15-11-19(22(20,21)17(2)3)10-13(15)9-18(16)4/h5-8,13,15-16H,9-11H2,1-4H3/t13-,15+,16-/m0/s1. The highest BCUT2D eigenvalue weighted by Gasteiger charge is 2.49. The van der Waals surface area contributed by atoms with Crippen molar-refractivity contribution in [2.24, 2.45) is 11.8 Å². The molecular weight excluding hydrogens is 298 g/mol. The highest BCUT2D eigenvalue weighted by atomic mass is 32.2. The first-order valence-corrected chi connectivity index (χ1v) is 9.15. The maximum Gasteiger partial charge on any atom is 0.281 e. The average Bonchev–Trinajstić information content (AvgIpc) is 2.97. The molecule has 0 saturated carbocycles. The summed E-state index contributed by atoms with van der Waals surface area (Å²) in [7, 11) is 2.06. The van der Waals surface area contributed by atoms with Crippen LogP contribution in [0.5, 0.6) is 0 Å². The van der Waals surface area contributed by atoms with Crippen molar-refractivity contribution in [1.82, 2.24) is 13.5 Å². The summed E-state index contributed by atoms with van der Waals surface area (Å²) in [6.07, 6.45) is 0. The van der Waals surface area contributed by atoms with Crippen LogP contribution in [0.3, 0.4) is 0 Å². The van der Waals surface area contributed by atoms with Crippen LogP contribution in [0.4, 0.5) is 0 Å². The third kappa shape index (κ3) is 2.48. The van der Waals surface area contributed by atoms with Gasteiger partial charge in [-0.25, -0.2) is 0 Å². The third-order valence-electron chi connectivity index (χ3n) is 5.16. The molecule has 1 aromatic rings. The van der Waals surface area contributed by atoms with Crippen LogP contribution >= 0.6 is 0 Å². The van der Waals surface area contributed by atoms with Crippen molar-refractivity contribution in [3.63, 3.8) is 0 Å². The Morgan fingerprint density at radius 2 is 1.82 bits per heavy atom. The smallest absolute Gasteiger partial charge is 0.281 e.